The number of hydrogen-bond acceptors (Lipinski definition) is 4. The second-order valence-corrected chi connectivity index (χ2v) is 3.34. The molecular weight excluding hydrogens is 212 g/mol. The van der Waals surface area contributed by atoms with Gasteiger partial charge in [-0.1, -0.05) is 0 Å². The number of primary amides is 1. The van der Waals surface area contributed by atoms with E-state index >= 15 is 0 Å². The van der Waals surface area contributed by atoms with Crippen LogP contribution in [-0.2, 0) is 4.79 Å². The number of nitrogens with one attached hydrogen (secondary N) is 1. The van der Waals surface area contributed by atoms with Gasteiger partial charge in [0.1, 0.15) is 11.6 Å². The molecule has 0 aliphatic carbocycles. The average Bonchev–Trinajstić information content (AvgIpc) is 2.16. The number of aromatic amines is 1. The van der Waals surface area contributed by atoms with Gasteiger partial charge in [-0.15, -0.1) is 0 Å². The average molecular weight is 222 g/mol. The van der Waals surface area contributed by atoms with Gasteiger partial charge in [-0.25, -0.2) is 4.79 Å². The summed E-state index contributed by atoms with van der Waals surface area (Å²) >= 11 is 0. The zero-order chi connectivity index (χ0) is 12.3. The molecule has 0 saturated heterocycles. The minimum Gasteiger partial charge on any atom is -0.370 e. The molecule has 1 aromatic rings. The number of hydrogen-bond donors (Lipinski definition) is 2. The SMILES string of the molecule is CC(CC(N)=O)n1cc(C#N)c(=O)[nH]c1=O. The molecule has 0 saturated carbocycles. The number of nitriles is 1. The van der Waals surface area contributed by atoms with E-state index in [1.54, 1.807) is 13.0 Å². The fraction of sp³-hybridized carbons (Fsp3) is 0.333. The highest BCUT2D eigenvalue weighted by atomic mass is 16.2. The van der Waals surface area contributed by atoms with Gasteiger partial charge in [-0.3, -0.25) is 19.1 Å². The molecule has 1 rings (SSSR count). The third-order valence-corrected chi connectivity index (χ3v) is 2.06. The molecule has 0 aliphatic heterocycles. The van der Waals surface area contributed by atoms with E-state index in [0.29, 0.717) is 0 Å². The third-order valence-electron chi connectivity index (χ3n) is 2.06. The van der Waals surface area contributed by atoms with E-state index in [4.69, 9.17) is 11.0 Å². The molecule has 1 atom stereocenters. The van der Waals surface area contributed by atoms with Crippen molar-refractivity contribution in [2.75, 3.05) is 0 Å². The summed E-state index contributed by atoms with van der Waals surface area (Å²) in [6.45, 7) is 1.59. The molecule has 0 fully saturated rings. The van der Waals surface area contributed by atoms with Crippen LogP contribution in [0.2, 0.25) is 0 Å². The predicted molar refractivity (Wildman–Crippen MR) is 54.6 cm³/mol. The maximum atomic E-state index is 11.4. The van der Waals surface area contributed by atoms with Gasteiger partial charge in [-0.2, -0.15) is 5.26 Å². The lowest BCUT2D eigenvalue weighted by Crippen LogP contribution is -2.34. The number of nitrogens with two attached hydrogens (primary N) is 1. The van der Waals surface area contributed by atoms with Crippen molar-refractivity contribution >= 4 is 5.91 Å². The lowest BCUT2D eigenvalue weighted by Gasteiger charge is -2.12. The van der Waals surface area contributed by atoms with Crippen molar-refractivity contribution < 1.29 is 4.79 Å². The van der Waals surface area contributed by atoms with Gasteiger partial charge in [0.25, 0.3) is 5.56 Å². The van der Waals surface area contributed by atoms with Crippen molar-refractivity contribution in [1.29, 1.82) is 5.26 Å². The Hall–Kier alpha value is -2.36. The fourth-order valence-corrected chi connectivity index (χ4v) is 1.28. The second kappa shape index (κ2) is 4.44. The summed E-state index contributed by atoms with van der Waals surface area (Å²) in [5.74, 6) is -0.566. The largest absolute Gasteiger partial charge is 0.370 e. The van der Waals surface area contributed by atoms with Crippen LogP contribution in [-0.4, -0.2) is 15.5 Å². The maximum absolute atomic E-state index is 11.4. The lowest BCUT2D eigenvalue weighted by atomic mass is 10.2. The van der Waals surface area contributed by atoms with Gasteiger partial charge in [0.05, 0.1) is 0 Å². The van der Waals surface area contributed by atoms with Crippen LogP contribution in [0.25, 0.3) is 0 Å². The molecule has 3 N–H and O–H groups in total. The zero-order valence-electron chi connectivity index (χ0n) is 8.56. The van der Waals surface area contributed by atoms with E-state index in [0.717, 1.165) is 10.8 Å². The lowest BCUT2D eigenvalue weighted by molar-refractivity contribution is -0.118. The Kier molecular flexibility index (Phi) is 3.25. The van der Waals surface area contributed by atoms with Crippen LogP contribution in [0.3, 0.4) is 0 Å². The molecule has 84 valence electrons. The molecule has 0 spiro atoms. The molecule has 1 amide bonds. The minimum atomic E-state index is -0.741. The molecular formula is C9H10N4O3. The summed E-state index contributed by atoms with van der Waals surface area (Å²) in [6.07, 6.45) is 1.07. The first kappa shape index (κ1) is 11.7. The first-order valence-corrected chi connectivity index (χ1v) is 4.49. The van der Waals surface area contributed by atoms with Gasteiger partial charge in [0.2, 0.25) is 5.91 Å². The van der Waals surface area contributed by atoms with Crippen molar-refractivity contribution in [2.24, 2.45) is 5.73 Å². The molecule has 7 nitrogen and oxygen atoms in total. The molecule has 1 heterocycles. The summed E-state index contributed by atoms with van der Waals surface area (Å²) in [5, 5.41) is 8.62. The maximum Gasteiger partial charge on any atom is 0.328 e. The van der Waals surface area contributed by atoms with Gasteiger partial charge in [0, 0.05) is 18.7 Å². The topological polar surface area (TPSA) is 122 Å². The Bertz CT molecular complexity index is 563. The van der Waals surface area contributed by atoms with E-state index in [-0.39, 0.29) is 12.0 Å². The predicted octanol–water partition coefficient (Wildman–Crippen LogP) is -1.16. The molecule has 1 aromatic heterocycles. The fourth-order valence-electron chi connectivity index (χ4n) is 1.28. The van der Waals surface area contributed by atoms with Gasteiger partial charge in [0.15, 0.2) is 0 Å². The first-order valence-electron chi connectivity index (χ1n) is 4.49. The molecule has 1 unspecified atom stereocenters. The van der Waals surface area contributed by atoms with Gasteiger partial charge >= 0.3 is 5.69 Å². The van der Waals surface area contributed by atoms with Crippen LogP contribution < -0.4 is 17.0 Å². The molecule has 16 heavy (non-hydrogen) atoms. The van der Waals surface area contributed by atoms with Crippen LogP contribution in [0.4, 0.5) is 0 Å². The quantitative estimate of drug-likeness (QED) is 0.670. The summed E-state index contributed by atoms with van der Waals surface area (Å²) < 4.78 is 1.10. The van der Waals surface area contributed by atoms with Gasteiger partial charge in [-0.05, 0) is 6.92 Å². The van der Waals surface area contributed by atoms with Crippen LogP contribution in [0.15, 0.2) is 15.8 Å². The zero-order valence-corrected chi connectivity index (χ0v) is 8.56. The Balaban J connectivity index is 3.25. The number of amides is 1. The van der Waals surface area contributed by atoms with Crippen molar-refractivity contribution in [1.82, 2.24) is 9.55 Å². The number of carbonyl (C=O) groups excluding carboxylic acids is 1. The standard InChI is InChI=1S/C9H10N4O3/c1-5(2-7(11)14)13-4-6(3-10)8(15)12-9(13)16/h4-5H,2H2,1H3,(H2,11,14)(H,12,15,16). The highest BCUT2D eigenvalue weighted by molar-refractivity contribution is 5.74. The Morgan fingerprint density at radius 2 is 2.31 bits per heavy atom. The van der Waals surface area contributed by atoms with Crippen molar-refractivity contribution in [3.63, 3.8) is 0 Å². The number of carbonyl (C=O) groups is 1. The number of rotatable bonds is 3. The van der Waals surface area contributed by atoms with Crippen LogP contribution in [0.5, 0.6) is 0 Å². The monoisotopic (exact) mass is 222 g/mol. The highest BCUT2D eigenvalue weighted by Gasteiger charge is 2.12. The number of H-pyrrole nitrogens is 1. The molecule has 0 radical (unpaired) electrons. The van der Waals surface area contributed by atoms with E-state index in [1.807, 2.05) is 4.98 Å². The van der Waals surface area contributed by atoms with Crippen LogP contribution in [0.1, 0.15) is 24.9 Å². The summed E-state index contributed by atoms with van der Waals surface area (Å²) in [4.78, 5) is 35.1. The number of aromatic nitrogens is 2. The normalized spacial score (nSPS) is 11.8. The first-order chi connectivity index (χ1) is 7.45. The van der Waals surface area contributed by atoms with Crippen LogP contribution >= 0.6 is 0 Å². The molecule has 0 aliphatic rings. The summed E-state index contributed by atoms with van der Waals surface area (Å²) in [6, 6.07) is 1.15. The summed E-state index contributed by atoms with van der Waals surface area (Å²) in [5.41, 5.74) is 3.40. The van der Waals surface area contributed by atoms with E-state index in [1.165, 1.54) is 0 Å². The van der Waals surface area contributed by atoms with Crippen molar-refractivity contribution in [3.05, 3.63) is 32.6 Å². The number of nitrogens with zero attached hydrogens (tertiary/aromatic N) is 2. The smallest absolute Gasteiger partial charge is 0.328 e. The second-order valence-electron chi connectivity index (χ2n) is 3.34. The third kappa shape index (κ3) is 2.36. The molecule has 0 aromatic carbocycles. The minimum absolute atomic E-state index is 0.0448. The van der Waals surface area contributed by atoms with Crippen molar-refractivity contribution in [2.45, 2.75) is 19.4 Å². The Morgan fingerprint density at radius 1 is 1.69 bits per heavy atom. The van der Waals surface area contributed by atoms with Gasteiger partial charge < -0.3 is 5.73 Å². The molecule has 7 heteroatoms. The Morgan fingerprint density at radius 3 is 2.81 bits per heavy atom. The van der Waals surface area contributed by atoms with E-state index in [9.17, 15) is 14.4 Å². The Labute approximate surface area is 90.1 Å². The highest BCUT2D eigenvalue weighted by Crippen LogP contribution is 2.05. The van der Waals surface area contributed by atoms with E-state index < -0.39 is 23.2 Å². The van der Waals surface area contributed by atoms with Crippen molar-refractivity contribution in [3.8, 4) is 6.07 Å². The van der Waals surface area contributed by atoms with Crippen LogP contribution in [0, 0.1) is 11.3 Å². The van der Waals surface area contributed by atoms with E-state index in [2.05, 4.69) is 0 Å². The summed E-state index contributed by atoms with van der Waals surface area (Å²) in [7, 11) is 0. The molecule has 0 bridgehead atoms.